The van der Waals surface area contributed by atoms with Gasteiger partial charge < -0.3 is 9.73 Å². The zero-order valence-electron chi connectivity index (χ0n) is 8.59. The van der Waals surface area contributed by atoms with Crippen LogP contribution >= 0.6 is 15.9 Å². The molecule has 1 aliphatic rings. The normalized spacial score (nSPS) is 20.8. The maximum atomic E-state index is 5.59. The van der Waals surface area contributed by atoms with Crippen LogP contribution in [0.15, 0.2) is 21.2 Å². The van der Waals surface area contributed by atoms with Gasteiger partial charge in [-0.3, -0.25) is 0 Å². The zero-order valence-corrected chi connectivity index (χ0v) is 10.2. The largest absolute Gasteiger partial charge is 0.453 e. The number of halogens is 1. The van der Waals surface area contributed by atoms with Crippen LogP contribution < -0.4 is 5.32 Å². The Bertz CT molecular complexity index is 306. The quantitative estimate of drug-likeness (QED) is 0.895. The Morgan fingerprint density at radius 3 is 2.64 bits per heavy atom. The van der Waals surface area contributed by atoms with Crippen molar-refractivity contribution >= 4 is 15.9 Å². The molecular formula is C11H16BrNO. The van der Waals surface area contributed by atoms with Crippen molar-refractivity contribution in [1.29, 1.82) is 0 Å². The van der Waals surface area contributed by atoms with E-state index in [2.05, 4.69) is 28.2 Å². The third kappa shape index (κ3) is 2.04. The van der Waals surface area contributed by atoms with Crippen LogP contribution in [0, 0.1) is 11.8 Å². The smallest absolute Gasteiger partial charge is 0.169 e. The summed E-state index contributed by atoms with van der Waals surface area (Å²) in [5.74, 6) is 2.59. The van der Waals surface area contributed by atoms with Crippen LogP contribution in [0.3, 0.4) is 0 Å². The topological polar surface area (TPSA) is 25.2 Å². The van der Waals surface area contributed by atoms with Gasteiger partial charge >= 0.3 is 0 Å². The Hall–Kier alpha value is -0.280. The first kappa shape index (κ1) is 10.2. The van der Waals surface area contributed by atoms with Crippen molar-refractivity contribution in [2.75, 3.05) is 7.05 Å². The summed E-state index contributed by atoms with van der Waals surface area (Å²) in [5.41, 5.74) is 0. The second kappa shape index (κ2) is 4.07. The molecule has 1 fully saturated rings. The van der Waals surface area contributed by atoms with Gasteiger partial charge in [-0.05, 0) is 59.8 Å². The van der Waals surface area contributed by atoms with E-state index < -0.39 is 0 Å². The second-order valence-electron chi connectivity index (χ2n) is 4.10. The van der Waals surface area contributed by atoms with Gasteiger partial charge in [-0.15, -0.1) is 0 Å². The summed E-state index contributed by atoms with van der Waals surface area (Å²) in [6.45, 7) is 2.30. The average Bonchev–Trinajstić information content (AvgIpc) is 2.92. The van der Waals surface area contributed by atoms with Gasteiger partial charge in [0.2, 0.25) is 0 Å². The average molecular weight is 258 g/mol. The Labute approximate surface area is 93.2 Å². The zero-order chi connectivity index (χ0) is 10.1. The van der Waals surface area contributed by atoms with Crippen LogP contribution in [-0.2, 0) is 0 Å². The number of furan rings is 1. The fourth-order valence-electron chi connectivity index (χ4n) is 2.05. The number of hydrogen-bond donors (Lipinski definition) is 1. The molecule has 0 aromatic carbocycles. The van der Waals surface area contributed by atoms with Crippen LogP contribution in [0.5, 0.6) is 0 Å². The number of hydrogen-bond acceptors (Lipinski definition) is 2. The third-order valence-electron chi connectivity index (χ3n) is 3.10. The van der Waals surface area contributed by atoms with Crippen LogP contribution in [0.25, 0.3) is 0 Å². The van der Waals surface area contributed by atoms with Crippen molar-refractivity contribution in [3.8, 4) is 0 Å². The van der Waals surface area contributed by atoms with E-state index in [4.69, 9.17) is 4.42 Å². The molecule has 3 heteroatoms. The first-order valence-electron chi connectivity index (χ1n) is 5.15. The number of nitrogens with one attached hydrogen (secondary N) is 1. The highest BCUT2D eigenvalue weighted by Gasteiger charge is 2.34. The predicted octanol–water partition coefficient (Wildman–Crippen LogP) is 3.35. The molecule has 0 bridgehead atoms. The van der Waals surface area contributed by atoms with E-state index in [-0.39, 0.29) is 0 Å². The monoisotopic (exact) mass is 257 g/mol. The van der Waals surface area contributed by atoms with Crippen molar-refractivity contribution in [3.05, 3.63) is 22.6 Å². The summed E-state index contributed by atoms with van der Waals surface area (Å²) in [5, 5.41) is 3.34. The molecule has 0 spiro atoms. The van der Waals surface area contributed by atoms with Crippen molar-refractivity contribution in [2.45, 2.75) is 25.8 Å². The van der Waals surface area contributed by atoms with Gasteiger partial charge in [-0.1, -0.05) is 6.92 Å². The van der Waals surface area contributed by atoms with E-state index >= 15 is 0 Å². The minimum Gasteiger partial charge on any atom is -0.453 e. The Morgan fingerprint density at radius 1 is 1.50 bits per heavy atom. The molecule has 1 saturated carbocycles. The molecule has 2 rings (SSSR count). The first-order valence-corrected chi connectivity index (χ1v) is 5.94. The molecule has 0 saturated heterocycles. The molecule has 0 amide bonds. The van der Waals surface area contributed by atoms with E-state index in [1.54, 1.807) is 0 Å². The third-order valence-corrected chi connectivity index (χ3v) is 3.53. The molecule has 14 heavy (non-hydrogen) atoms. The maximum absolute atomic E-state index is 5.59. The van der Waals surface area contributed by atoms with Crippen LogP contribution in [0.4, 0.5) is 0 Å². The molecule has 1 heterocycles. The van der Waals surface area contributed by atoms with Crippen LogP contribution in [0.2, 0.25) is 0 Å². The Balaban J connectivity index is 2.11. The highest BCUT2D eigenvalue weighted by Crippen LogP contribution is 2.42. The minimum atomic E-state index is 0.355. The van der Waals surface area contributed by atoms with Crippen molar-refractivity contribution in [1.82, 2.24) is 5.32 Å². The number of rotatable bonds is 4. The van der Waals surface area contributed by atoms with Gasteiger partial charge in [0.25, 0.3) is 0 Å². The molecule has 1 aromatic heterocycles. The SMILES string of the molecule is CNC(c1ccc(Br)o1)C(C)C1CC1. The highest BCUT2D eigenvalue weighted by atomic mass is 79.9. The van der Waals surface area contributed by atoms with E-state index in [0.29, 0.717) is 12.0 Å². The van der Waals surface area contributed by atoms with Gasteiger partial charge in [0.05, 0.1) is 6.04 Å². The van der Waals surface area contributed by atoms with Gasteiger partial charge in [0.1, 0.15) is 5.76 Å². The van der Waals surface area contributed by atoms with Crippen molar-refractivity contribution in [3.63, 3.8) is 0 Å². The Kier molecular flexibility index (Phi) is 2.98. The lowest BCUT2D eigenvalue weighted by molar-refractivity contribution is 0.311. The fraction of sp³-hybridized carbons (Fsp3) is 0.636. The van der Waals surface area contributed by atoms with Crippen LogP contribution in [-0.4, -0.2) is 7.05 Å². The lowest BCUT2D eigenvalue weighted by Crippen LogP contribution is -2.24. The molecule has 0 aliphatic heterocycles. The maximum Gasteiger partial charge on any atom is 0.169 e. The summed E-state index contributed by atoms with van der Waals surface area (Å²) in [4.78, 5) is 0. The van der Waals surface area contributed by atoms with E-state index in [1.807, 2.05) is 19.2 Å². The summed E-state index contributed by atoms with van der Waals surface area (Å²) in [6, 6.07) is 4.36. The van der Waals surface area contributed by atoms with Gasteiger partial charge in [0, 0.05) is 0 Å². The minimum absolute atomic E-state index is 0.355. The van der Waals surface area contributed by atoms with E-state index in [1.165, 1.54) is 12.8 Å². The summed E-state index contributed by atoms with van der Waals surface area (Å²) in [7, 11) is 2.00. The molecule has 2 unspecified atom stereocenters. The highest BCUT2D eigenvalue weighted by molar-refractivity contribution is 9.10. The van der Waals surface area contributed by atoms with Gasteiger partial charge in [-0.2, -0.15) is 0 Å². The molecule has 2 nitrogen and oxygen atoms in total. The van der Waals surface area contributed by atoms with Crippen molar-refractivity contribution < 1.29 is 4.42 Å². The first-order chi connectivity index (χ1) is 6.72. The van der Waals surface area contributed by atoms with E-state index in [0.717, 1.165) is 16.3 Å². The molecule has 1 aromatic rings. The van der Waals surface area contributed by atoms with Gasteiger partial charge in [-0.25, -0.2) is 0 Å². The van der Waals surface area contributed by atoms with Crippen LogP contribution in [0.1, 0.15) is 31.6 Å². The second-order valence-corrected chi connectivity index (χ2v) is 4.89. The van der Waals surface area contributed by atoms with Gasteiger partial charge in [0.15, 0.2) is 4.67 Å². The van der Waals surface area contributed by atoms with Crippen molar-refractivity contribution in [2.24, 2.45) is 11.8 Å². The fourth-order valence-corrected chi connectivity index (χ4v) is 2.37. The molecule has 0 radical (unpaired) electrons. The van der Waals surface area contributed by atoms with E-state index in [9.17, 15) is 0 Å². The molecular weight excluding hydrogens is 242 g/mol. The standard InChI is InChI=1S/C11H16BrNO/c1-7(8-3-4-8)11(13-2)9-5-6-10(12)14-9/h5-8,11,13H,3-4H2,1-2H3. The molecule has 2 atom stereocenters. The lowest BCUT2D eigenvalue weighted by Gasteiger charge is -2.21. The summed E-state index contributed by atoms with van der Waals surface area (Å²) >= 11 is 3.34. The molecule has 1 aliphatic carbocycles. The summed E-state index contributed by atoms with van der Waals surface area (Å²) in [6.07, 6.45) is 2.75. The molecule has 78 valence electrons. The Morgan fingerprint density at radius 2 is 2.21 bits per heavy atom. The lowest BCUT2D eigenvalue weighted by atomic mass is 9.95. The molecule has 1 N–H and O–H groups in total. The summed E-state index contributed by atoms with van der Waals surface area (Å²) < 4.78 is 6.41. The predicted molar refractivity (Wildman–Crippen MR) is 60.1 cm³/mol.